The number of rotatable bonds is 4. The number of hydrogen-bond donors (Lipinski definition) is 3. The Labute approximate surface area is 122 Å². The molecule has 5 nitrogen and oxygen atoms in total. The number of para-hydroxylation sites is 1. The molecule has 0 saturated heterocycles. The summed E-state index contributed by atoms with van der Waals surface area (Å²) in [5.74, 6) is -0.259. The topological polar surface area (TPSA) is 65.5 Å². The van der Waals surface area contributed by atoms with Crippen LogP contribution < -0.4 is 16.1 Å². The van der Waals surface area contributed by atoms with E-state index in [0.717, 1.165) is 11.3 Å². The fourth-order valence-electron chi connectivity index (χ4n) is 1.72. The predicted octanol–water partition coefficient (Wildman–Crippen LogP) is 1.55. The van der Waals surface area contributed by atoms with E-state index in [1.807, 2.05) is 24.3 Å². The lowest BCUT2D eigenvalue weighted by atomic mass is 10.1. The number of amides is 1. The van der Waals surface area contributed by atoms with Gasteiger partial charge < -0.3 is 10.6 Å². The fraction of sp³-hybridized carbons (Fsp3) is 0.0714. The molecule has 20 heavy (non-hydrogen) atoms. The molecular formula is C14H14N4OS. The molecule has 1 heterocycles. The van der Waals surface area contributed by atoms with Gasteiger partial charge in [0.25, 0.3) is 5.91 Å². The number of hydrazone groups is 1. The minimum Gasteiger partial charge on any atom is -0.352 e. The molecule has 6 heteroatoms. The molecule has 1 aliphatic rings. The van der Waals surface area contributed by atoms with Crippen LogP contribution in [0.3, 0.4) is 0 Å². The molecule has 0 spiro atoms. The van der Waals surface area contributed by atoms with E-state index >= 15 is 0 Å². The van der Waals surface area contributed by atoms with Gasteiger partial charge in [-0.05, 0) is 18.3 Å². The second-order valence-corrected chi connectivity index (χ2v) is 4.45. The molecule has 0 unspecified atom stereocenters. The maximum absolute atomic E-state index is 11.8. The SMILES string of the molecule is C=CC(C=C)NC(=S)N/N=C1\C(=O)Nc2ccccc21. The van der Waals surface area contributed by atoms with E-state index in [0.29, 0.717) is 10.8 Å². The van der Waals surface area contributed by atoms with Crippen molar-refractivity contribution in [3.63, 3.8) is 0 Å². The Balaban J connectivity index is 2.08. The van der Waals surface area contributed by atoms with Gasteiger partial charge in [0.1, 0.15) is 0 Å². The Morgan fingerprint density at radius 3 is 2.75 bits per heavy atom. The minimum absolute atomic E-state index is 0.153. The van der Waals surface area contributed by atoms with E-state index < -0.39 is 0 Å². The average Bonchev–Trinajstić information content (AvgIpc) is 2.78. The van der Waals surface area contributed by atoms with Gasteiger partial charge >= 0.3 is 0 Å². The molecule has 2 rings (SSSR count). The summed E-state index contributed by atoms with van der Waals surface area (Å²) in [5.41, 5.74) is 4.44. The molecular weight excluding hydrogens is 272 g/mol. The highest BCUT2D eigenvalue weighted by Crippen LogP contribution is 2.22. The molecule has 1 aromatic carbocycles. The molecule has 0 aliphatic carbocycles. The third-order valence-electron chi connectivity index (χ3n) is 2.72. The maximum Gasteiger partial charge on any atom is 0.276 e. The fourth-order valence-corrected chi connectivity index (χ4v) is 1.90. The first-order valence-electron chi connectivity index (χ1n) is 5.95. The largest absolute Gasteiger partial charge is 0.352 e. The molecule has 3 N–H and O–H groups in total. The molecule has 102 valence electrons. The van der Waals surface area contributed by atoms with Crippen LogP contribution in [0.25, 0.3) is 0 Å². The number of benzene rings is 1. The summed E-state index contributed by atoms with van der Waals surface area (Å²) in [7, 11) is 0. The number of fused-ring (bicyclic) bond motifs is 1. The van der Waals surface area contributed by atoms with Crippen LogP contribution in [0, 0.1) is 0 Å². The van der Waals surface area contributed by atoms with Crippen LogP contribution in [0.1, 0.15) is 5.56 Å². The molecule has 0 fully saturated rings. The molecule has 0 bridgehead atoms. The summed E-state index contributed by atoms with van der Waals surface area (Å²) in [4.78, 5) is 11.8. The summed E-state index contributed by atoms with van der Waals surface area (Å²) in [6, 6.07) is 7.18. The van der Waals surface area contributed by atoms with Crippen molar-refractivity contribution in [3.8, 4) is 0 Å². The van der Waals surface area contributed by atoms with E-state index in [1.54, 1.807) is 12.2 Å². The van der Waals surface area contributed by atoms with Crippen LogP contribution in [0.4, 0.5) is 5.69 Å². The van der Waals surface area contributed by atoms with Gasteiger partial charge in [0, 0.05) is 5.56 Å². The summed E-state index contributed by atoms with van der Waals surface area (Å²) >= 11 is 5.08. The summed E-state index contributed by atoms with van der Waals surface area (Å²) < 4.78 is 0. The van der Waals surface area contributed by atoms with E-state index in [-0.39, 0.29) is 11.9 Å². The zero-order valence-electron chi connectivity index (χ0n) is 10.7. The number of thiocarbonyl (C=S) groups is 1. The number of nitrogens with zero attached hydrogens (tertiary/aromatic N) is 1. The molecule has 0 aromatic heterocycles. The van der Waals surface area contributed by atoms with E-state index in [2.05, 4.69) is 34.3 Å². The van der Waals surface area contributed by atoms with Crippen LogP contribution >= 0.6 is 12.2 Å². The second-order valence-electron chi connectivity index (χ2n) is 4.04. The first-order chi connectivity index (χ1) is 9.65. The van der Waals surface area contributed by atoms with Crippen molar-refractivity contribution in [1.29, 1.82) is 0 Å². The smallest absolute Gasteiger partial charge is 0.276 e. The predicted molar refractivity (Wildman–Crippen MR) is 84.7 cm³/mol. The lowest BCUT2D eigenvalue weighted by Crippen LogP contribution is -2.38. The monoisotopic (exact) mass is 286 g/mol. The van der Waals surface area contributed by atoms with Crippen molar-refractivity contribution in [1.82, 2.24) is 10.7 Å². The minimum atomic E-state index is -0.259. The number of carbonyl (C=O) groups is 1. The van der Waals surface area contributed by atoms with Gasteiger partial charge in [-0.2, -0.15) is 5.10 Å². The van der Waals surface area contributed by atoms with Gasteiger partial charge in [0.15, 0.2) is 10.8 Å². The summed E-state index contributed by atoms with van der Waals surface area (Å²) in [6.45, 7) is 7.29. The number of hydrogen-bond acceptors (Lipinski definition) is 3. The van der Waals surface area contributed by atoms with E-state index in [1.165, 1.54) is 0 Å². The highest BCUT2D eigenvalue weighted by molar-refractivity contribution is 7.80. The lowest BCUT2D eigenvalue weighted by Gasteiger charge is -2.11. The maximum atomic E-state index is 11.8. The third-order valence-corrected chi connectivity index (χ3v) is 2.93. The zero-order chi connectivity index (χ0) is 14.5. The van der Waals surface area contributed by atoms with E-state index in [9.17, 15) is 4.79 Å². The summed E-state index contributed by atoms with van der Waals surface area (Å²) in [5, 5.41) is 9.99. The van der Waals surface area contributed by atoms with Gasteiger partial charge in [-0.3, -0.25) is 10.2 Å². The molecule has 0 atom stereocenters. The Kier molecular flexibility index (Phi) is 4.27. The Hall–Kier alpha value is -2.47. The van der Waals surface area contributed by atoms with Crippen molar-refractivity contribution < 1.29 is 4.79 Å². The van der Waals surface area contributed by atoms with E-state index in [4.69, 9.17) is 12.2 Å². The van der Waals surface area contributed by atoms with Crippen molar-refractivity contribution in [2.45, 2.75) is 6.04 Å². The van der Waals surface area contributed by atoms with Crippen molar-refractivity contribution in [3.05, 3.63) is 55.1 Å². The Morgan fingerprint density at radius 1 is 1.35 bits per heavy atom. The van der Waals surface area contributed by atoms with Crippen LogP contribution in [-0.4, -0.2) is 22.8 Å². The molecule has 0 saturated carbocycles. The van der Waals surface area contributed by atoms with Gasteiger partial charge in [0.2, 0.25) is 0 Å². The lowest BCUT2D eigenvalue weighted by molar-refractivity contribution is -0.110. The molecule has 1 aromatic rings. The Morgan fingerprint density at radius 2 is 2.05 bits per heavy atom. The van der Waals surface area contributed by atoms with Gasteiger partial charge in [-0.1, -0.05) is 30.4 Å². The van der Waals surface area contributed by atoms with Crippen molar-refractivity contribution in [2.24, 2.45) is 5.10 Å². The Bertz CT molecular complexity index is 601. The molecule has 1 aliphatic heterocycles. The van der Waals surface area contributed by atoms with Crippen LogP contribution in [0.15, 0.2) is 54.7 Å². The van der Waals surface area contributed by atoms with Crippen molar-refractivity contribution >= 4 is 34.6 Å². The number of anilines is 1. The van der Waals surface area contributed by atoms with Crippen LogP contribution in [0.2, 0.25) is 0 Å². The summed E-state index contributed by atoms with van der Waals surface area (Å²) in [6.07, 6.45) is 3.32. The third kappa shape index (κ3) is 2.92. The first-order valence-corrected chi connectivity index (χ1v) is 6.36. The number of nitrogens with one attached hydrogen (secondary N) is 3. The van der Waals surface area contributed by atoms with Gasteiger partial charge in [-0.15, -0.1) is 13.2 Å². The quantitative estimate of drug-likeness (QED) is 0.446. The molecule has 0 radical (unpaired) electrons. The van der Waals surface area contributed by atoms with Crippen LogP contribution in [0.5, 0.6) is 0 Å². The molecule has 1 amide bonds. The standard InChI is InChI=1S/C14H14N4OS/c1-3-9(4-2)15-14(20)18-17-12-10-7-5-6-8-11(10)16-13(12)19/h3-9H,1-2H2,(H2,15,18,20)(H,16,17,19). The number of carbonyl (C=O) groups excluding carboxylic acids is 1. The zero-order valence-corrected chi connectivity index (χ0v) is 11.5. The first kappa shape index (κ1) is 14.0. The normalized spacial score (nSPS) is 14.7. The van der Waals surface area contributed by atoms with Crippen molar-refractivity contribution in [2.75, 3.05) is 5.32 Å². The van der Waals surface area contributed by atoms with Crippen LogP contribution in [-0.2, 0) is 4.79 Å². The highest BCUT2D eigenvalue weighted by Gasteiger charge is 2.25. The second kappa shape index (κ2) is 6.12. The highest BCUT2D eigenvalue weighted by atomic mass is 32.1. The average molecular weight is 286 g/mol. The van der Waals surface area contributed by atoms with Gasteiger partial charge in [-0.25, -0.2) is 0 Å². The van der Waals surface area contributed by atoms with Gasteiger partial charge in [0.05, 0.1) is 11.7 Å².